The maximum absolute atomic E-state index is 11.1. The van der Waals surface area contributed by atoms with E-state index < -0.39 is 5.97 Å². The van der Waals surface area contributed by atoms with Gasteiger partial charge >= 0.3 is 5.97 Å². The van der Waals surface area contributed by atoms with Crippen molar-refractivity contribution in [2.24, 2.45) is 0 Å². The molecule has 1 aliphatic rings. The number of carboxylic acids is 1. The lowest BCUT2D eigenvalue weighted by Crippen LogP contribution is -2.37. The van der Waals surface area contributed by atoms with Crippen molar-refractivity contribution in [2.45, 2.75) is 52.0 Å². The molecule has 0 aromatic heterocycles. The summed E-state index contributed by atoms with van der Waals surface area (Å²) in [5, 5.41) is 11.8. The molecular formula is C16H21NO3. The molecule has 1 aliphatic carbocycles. The Kier molecular flexibility index (Phi) is 4.42. The lowest BCUT2D eigenvalue weighted by Gasteiger charge is -2.27. The van der Waals surface area contributed by atoms with Gasteiger partial charge in [-0.3, -0.25) is 9.59 Å². The molecule has 1 atom stereocenters. The normalized spacial score (nSPS) is 17.4. The van der Waals surface area contributed by atoms with Gasteiger partial charge in [-0.25, -0.2) is 0 Å². The van der Waals surface area contributed by atoms with Gasteiger partial charge in [-0.05, 0) is 54.9 Å². The second kappa shape index (κ2) is 6.07. The summed E-state index contributed by atoms with van der Waals surface area (Å²) in [6.07, 6.45) is 3.45. The molecule has 0 spiro atoms. The predicted molar refractivity (Wildman–Crippen MR) is 76.8 cm³/mol. The smallest absolute Gasteiger partial charge is 0.303 e. The van der Waals surface area contributed by atoms with Crippen LogP contribution in [-0.4, -0.2) is 23.0 Å². The number of nitrogens with one attached hydrogen (secondary N) is 1. The topological polar surface area (TPSA) is 66.4 Å². The number of hydrogen-bond donors (Lipinski definition) is 2. The molecule has 0 unspecified atom stereocenters. The molecule has 108 valence electrons. The Balaban J connectivity index is 2.20. The van der Waals surface area contributed by atoms with Gasteiger partial charge in [-0.2, -0.15) is 0 Å². The second-order valence-corrected chi connectivity index (χ2v) is 5.53. The van der Waals surface area contributed by atoms with Gasteiger partial charge in [0.05, 0.1) is 0 Å². The first-order valence-electron chi connectivity index (χ1n) is 7.06. The summed E-state index contributed by atoms with van der Waals surface area (Å²) < 4.78 is 0. The quantitative estimate of drug-likeness (QED) is 0.883. The van der Waals surface area contributed by atoms with E-state index in [1.165, 1.54) is 22.3 Å². The molecule has 0 bridgehead atoms. The highest BCUT2D eigenvalue weighted by Gasteiger charge is 2.22. The molecule has 20 heavy (non-hydrogen) atoms. The van der Waals surface area contributed by atoms with Crippen LogP contribution < -0.4 is 5.32 Å². The third kappa shape index (κ3) is 3.38. The average molecular weight is 275 g/mol. The van der Waals surface area contributed by atoms with Crippen molar-refractivity contribution < 1.29 is 14.7 Å². The molecule has 1 amide bonds. The van der Waals surface area contributed by atoms with Crippen LogP contribution in [0.4, 0.5) is 0 Å². The highest BCUT2D eigenvalue weighted by atomic mass is 16.4. The molecule has 0 saturated heterocycles. The van der Waals surface area contributed by atoms with Gasteiger partial charge in [0.25, 0.3) is 0 Å². The zero-order valence-electron chi connectivity index (χ0n) is 12.0. The van der Waals surface area contributed by atoms with Crippen molar-refractivity contribution in [3.8, 4) is 0 Å². The fourth-order valence-corrected chi connectivity index (χ4v) is 3.04. The number of carbonyl (C=O) groups excluding carboxylic acids is 1. The number of amides is 1. The van der Waals surface area contributed by atoms with Gasteiger partial charge in [0.2, 0.25) is 5.91 Å². The summed E-state index contributed by atoms with van der Waals surface area (Å²) in [6.45, 7) is 3.58. The van der Waals surface area contributed by atoms with Crippen molar-refractivity contribution in [2.75, 3.05) is 0 Å². The molecule has 0 aliphatic heterocycles. The van der Waals surface area contributed by atoms with Crippen molar-refractivity contribution in [1.82, 2.24) is 5.32 Å². The third-order valence-corrected chi connectivity index (χ3v) is 3.97. The van der Waals surface area contributed by atoms with E-state index in [1.807, 2.05) is 6.92 Å². The van der Waals surface area contributed by atoms with E-state index in [2.05, 4.69) is 17.4 Å². The van der Waals surface area contributed by atoms with Crippen molar-refractivity contribution in [3.05, 3.63) is 34.4 Å². The Morgan fingerprint density at radius 3 is 2.80 bits per heavy atom. The van der Waals surface area contributed by atoms with Crippen molar-refractivity contribution in [3.63, 3.8) is 0 Å². The van der Waals surface area contributed by atoms with E-state index in [0.29, 0.717) is 6.42 Å². The van der Waals surface area contributed by atoms with Gasteiger partial charge in [-0.1, -0.05) is 12.1 Å². The minimum Gasteiger partial charge on any atom is -0.481 e. The molecule has 1 aromatic rings. The fraction of sp³-hybridized carbons (Fsp3) is 0.500. The Morgan fingerprint density at radius 2 is 2.15 bits per heavy atom. The number of rotatable bonds is 4. The van der Waals surface area contributed by atoms with E-state index in [-0.39, 0.29) is 18.4 Å². The number of aryl methyl sites for hydroxylation is 1. The van der Waals surface area contributed by atoms with E-state index in [4.69, 9.17) is 5.11 Å². The minimum absolute atomic E-state index is 0.0108. The van der Waals surface area contributed by atoms with Gasteiger partial charge in [-0.15, -0.1) is 0 Å². The number of carbonyl (C=O) groups is 2. The SMILES string of the molecule is CC(=O)N[C@@H]1CCc2c(ccc(C)c2CCC(=O)O)C1. The van der Waals surface area contributed by atoms with Crippen LogP contribution in [0.3, 0.4) is 0 Å². The Labute approximate surface area is 119 Å². The third-order valence-electron chi connectivity index (χ3n) is 3.97. The Morgan fingerprint density at radius 1 is 1.40 bits per heavy atom. The maximum Gasteiger partial charge on any atom is 0.303 e. The Hall–Kier alpha value is -1.84. The lowest BCUT2D eigenvalue weighted by atomic mass is 9.82. The summed E-state index contributed by atoms with van der Waals surface area (Å²) in [4.78, 5) is 21.9. The Bertz CT molecular complexity index is 537. The number of carboxylic acid groups (broad SMARTS) is 1. The molecule has 0 saturated carbocycles. The molecule has 0 radical (unpaired) electrons. The first-order valence-corrected chi connectivity index (χ1v) is 7.06. The molecule has 0 heterocycles. The largest absolute Gasteiger partial charge is 0.481 e. The summed E-state index contributed by atoms with van der Waals surface area (Å²) in [6, 6.07) is 4.38. The molecular weight excluding hydrogens is 254 g/mol. The first kappa shape index (κ1) is 14.6. The average Bonchev–Trinajstić information content (AvgIpc) is 2.36. The van der Waals surface area contributed by atoms with E-state index >= 15 is 0 Å². The molecule has 2 rings (SSSR count). The zero-order valence-corrected chi connectivity index (χ0v) is 12.0. The fourth-order valence-electron chi connectivity index (χ4n) is 3.04. The van der Waals surface area contributed by atoms with Crippen LogP contribution in [0.5, 0.6) is 0 Å². The van der Waals surface area contributed by atoms with Crippen molar-refractivity contribution in [1.29, 1.82) is 0 Å². The highest BCUT2D eigenvalue weighted by Crippen LogP contribution is 2.28. The molecule has 4 nitrogen and oxygen atoms in total. The number of hydrogen-bond acceptors (Lipinski definition) is 2. The monoisotopic (exact) mass is 275 g/mol. The lowest BCUT2D eigenvalue weighted by molar-refractivity contribution is -0.137. The number of aliphatic carboxylic acids is 1. The maximum atomic E-state index is 11.1. The van der Waals surface area contributed by atoms with Crippen LogP contribution >= 0.6 is 0 Å². The molecule has 2 N–H and O–H groups in total. The van der Waals surface area contributed by atoms with Crippen molar-refractivity contribution >= 4 is 11.9 Å². The van der Waals surface area contributed by atoms with Crippen LogP contribution in [0.15, 0.2) is 12.1 Å². The highest BCUT2D eigenvalue weighted by molar-refractivity contribution is 5.73. The van der Waals surface area contributed by atoms with E-state index in [9.17, 15) is 9.59 Å². The standard InChI is InChI=1S/C16H21NO3/c1-10-3-4-12-9-13(17-11(2)18)5-6-15(12)14(10)7-8-16(19)20/h3-4,13H,5-9H2,1-2H3,(H,17,18)(H,19,20)/t13-/m1/s1. The summed E-state index contributed by atoms with van der Waals surface area (Å²) in [7, 11) is 0. The number of benzene rings is 1. The first-order chi connectivity index (χ1) is 9.47. The van der Waals surface area contributed by atoms with Crippen LogP contribution in [0.1, 0.15) is 42.0 Å². The molecule has 4 heteroatoms. The predicted octanol–water partition coefficient (Wildman–Crippen LogP) is 2.01. The zero-order chi connectivity index (χ0) is 14.7. The second-order valence-electron chi connectivity index (χ2n) is 5.53. The van der Waals surface area contributed by atoms with Gasteiger partial charge in [0.1, 0.15) is 0 Å². The van der Waals surface area contributed by atoms with Gasteiger partial charge in [0, 0.05) is 19.4 Å². The number of fused-ring (bicyclic) bond motifs is 1. The summed E-state index contributed by atoms with van der Waals surface area (Å²) in [5.74, 6) is -0.745. The van der Waals surface area contributed by atoms with Crippen LogP contribution in [-0.2, 0) is 28.9 Å². The molecule has 0 fully saturated rings. The summed E-state index contributed by atoms with van der Waals surface area (Å²) >= 11 is 0. The van der Waals surface area contributed by atoms with E-state index in [1.54, 1.807) is 6.92 Å². The van der Waals surface area contributed by atoms with Crippen LogP contribution in [0.25, 0.3) is 0 Å². The minimum atomic E-state index is -0.756. The van der Waals surface area contributed by atoms with Crippen LogP contribution in [0, 0.1) is 6.92 Å². The summed E-state index contributed by atoms with van der Waals surface area (Å²) in [5.41, 5.74) is 4.91. The van der Waals surface area contributed by atoms with Crippen LogP contribution in [0.2, 0.25) is 0 Å². The van der Waals surface area contributed by atoms with E-state index in [0.717, 1.165) is 19.3 Å². The molecule has 1 aromatic carbocycles. The van der Waals surface area contributed by atoms with Gasteiger partial charge in [0.15, 0.2) is 0 Å². The van der Waals surface area contributed by atoms with Gasteiger partial charge < -0.3 is 10.4 Å².